The Morgan fingerprint density at radius 2 is 2.10 bits per heavy atom. The van der Waals surface area contributed by atoms with E-state index < -0.39 is 15.6 Å². The normalized spacial score (nSPS) is 37.9. The number of hydrogen-bond acceptors (Lipinski definition) is 4. The van der Waals surface area contributed by atoms with Crippen LogP contribution in [0.2, 0.25) is 0 Å². The molecule has 0 radical (unpaired) electrons. The van der Waals surface area contributed by atoms with Crippen molar-refractivity contribution < 1.29 is 13.2 Å². The first-order chi connectivity index (χ1) is 9.32. The van der Waals surface area contributed by atoms with Gasteiger partial charge in [0, 0.05) is 26.1 Å². The van der Waals surface area contributed by atoms with Gasteiger partial charge in [-0.25, -0.2) is 12.7 Å². The van der Waals surface area contributed by atoms with Crippen LogP contribution in [-0.4, -0.2) is 60.8 Å². The molecule has 0 N–H and O–H groups in total. The molecule has 1 saturated carbocycles. The molecule has 1 amide bonds. The minimum absolute atomic E-state index is 0.0382. The molecule has 2 heterocycles. The molecule has 0 bridgehead atoms. The molecule has 7 heteroatoms. The van der Waals surface area contributed by atoms with Gasteiger partial charge in [0.15, 0.2) is 0 Å². The second-order valence-corrected chi connectivity index (χ2v) is 8.33. The average molecular weight is 299 g/mol. The number of hydrogen-bond donors (Lipinski definition) is 0. The number of fused-ring (bicyclic) bond motifs is 2. The maximum absolute atomic E-state index is 12.6. The Morgan fingerprint density at radius 1 is 1.40 bits per heavy atom. The van der Waals surface area contributed by atoms with E-state index in [-0.39, 0.29) is 23.5 Å². The first-order valence-corrected chi connectivity index (χ1v) is 8.75. The fraction of sp³-hybridized carbons (Fsp3) is 0.846. The van der Waals surface area contributed by atoms with Gasteiger partial charge in [-0.2, -0.15) is 0 Å². The van der Waals surface area contributed by atoms with Crippen LogP contribution in [0.25, 0.3) is 0 Å². The fourth-order valence-corrected chi connectivity index (χ4v) is 5.09. The Labute approximate surface area is 119 Å². The van der Waals surface area contributed by atoms with Crippen molar-refractivity contribution >= 4 is 21.8 Å². The topological polar surface area (TPSA) is 70.1 Å². The van der Waals surface area contributed by atoms with E-state index in [0.717, 1.165) is 18.7 Å². The molecule has 2 aliphatic heterocycles. The van der Waals surface area contributed by atoms with Gasteiger partial charge in [0.05, 0.1) is 5.75 Å². The number of aliphatic imine (C=N–C) groups is 1. The van der Waals surface area contributed by atoms with Gasteiger partial charge in [-0.05, 0) is 32.6 Å². The highest BCUT2D eigenvalue weighted by atomic mass is 32.2. The van der Waals surface area contributed by atoms with Crippen molar-refractivity contribution in [3.05, 3.63) is 0 Å². The predicted octanol–water partition coefficient (Wildman–Crippen LogP) is 0.307. The highest BCUT2D eigenvalue weighted by Gasteiger charge is 2.61. The van der Waals surface area contributed by atoms with E-state index in [1.54, 1.807) is 23.2 Å². The lowest BCUT2D eigenvalue weighted by atomic mass is 9.85. The first-order valence-electron chi connectivity index (χ1n) is 7.14. The van der Waals surface area contributed by atoms with Crippen molar-refractivity contribution in [2.24, 2.45) is 16.8 Å². The number of carbonyl (C=O) groups is 1. The number of nitrogens with zero attached hydrogens (tertiary/aromatic N) is 3. The smallest absolute Gasteiger partial charge is 0.255 e. The molecule has 3 aliphatic rings. The molecule has 20 heavy (non-hydrogen) atoms. The number of rotatable bonds is 2. The van der Waals surface area contributed by atoms with Crippen molar-refractivity contribution in [3.63, 3.8) is 0 Å². The molecule has 3 atom stereocenters. The van der Waals surface area contributed by atoms with Gasteiger partial charge in [0.25, 0.3) is 5.91 Å². The van der Waals surface area contributed by atoms with E-state index >= 15 is 0 Å². The number of likely N-dealkylation sites (N-methyl/N-ethyl adjacent to an activating group) is 1. The first kappa shape index (κ1) is 14.0. The van der Waals surface area contributed by atoms with Gasteiger partial charge in [-0.15, -0.1) is 0 Å². The Kier molecular flexibility index (Phi) is 2.99. The summed E-state index contributed by atoms with van der Waals surface area (Å²) in [6.07, 6.45) is 1.64. The quantitative estimate of drug-likeness (QED) is 0.736. The Hall–Kier alpha value is -0.950. The van der Waals surface area contributed by atoms with E-state index in [2.05, 4.69) is 4.99 Å². The van der Waals surface area contributed by atoms with Crippen LogP contribution < -0.4 is 0 Å². The highest BCUT2D eigenvalue weighted by molar-refractivity contribution is 7.89. The number of carbonyl (C=O) groups excluding carboxylic acids is 1. The second kappa shape index (κ2) is 4.27. The van der Waals surface area contributed by atoms with Crippen LogP contribution in [-0.2, 0) is 14.8 Å². The minimum Gasteiger partial charge on any atom is -0.302 e. The Bertz CT molecular complexity index is 586. The second-order valence-electron chi connectivity index (χ2n) is 6.07. The van der Waals surface area contributed by atoms with Gasteiger partial charge < -0.3 is 4.90 Å². The van der Waals surface area contributed by atoms with Crippen LogP contribution in [0.3, 0.4) is 0 Å². The third kappa shape index (κ3) is 1.69. The fourth-order valence-electron chi connectivity index (χ4n) is 3.92. The zero-order valence-corrected chi connectivity index (χ0v) is 13.0. The lowest BCUT2D eigenvalue weighted by Gasteiger charge is -2.26. The molecular weight excluding hydrogens is 278 g/mol. The summed E-state index contributed by atoms with van der Waals surface area (Å²) in [5.74, 6) is 1.21. The molecule has 3 rings (SSSR count). The predicted molar refractivity (Wildman–Crippen MR) is 75.9 cm³/mol. The van der Waals surface area contributed by atoms with E-state index in [0.29, 0.717) is 13.1 Å². The molecule has 1 spiro atoms. The maximum atomic E-state index is 12.6. The van der Waals surface area contributed by atoms with Crippen molar-refractivity contribution in [1.29, 1.82) is 0 Å². The molecule has 1 saturated heterocycles. The summed E-state index contributed by atoms with van der Waals surface area (Å²) >= 11 is 0. The average Bonchev–Trinajstić information content (AvgIpc) is 3.03. The van der Waals surface area contributed by atoms with Crippen molar-refractivity contribution in [1.82, 2.24) is 9.21 Å². The van der Waals surface area contributed by atoms with E-state index in [9.17, 15) is 13.2 Å². The standard InChI is InChI=1S/C13H21N3O3S/c1-4-20(18,19)16-7-10-5-6-13(11(10)8-16)12(17)15(3)9(2)14-13/h10-11H,4-8H2,1-3H3/t10-,11+,13-/m0/s1. The van der Waals surface area contributed by atoms with Crippen molar-refractivity contribution in [3.8, 4) is 0 Å². The van der Waals surface area contributed by atoms with Crippen LogP contribution in [0.4, 0.5) is 0 Å². The van der Waals surface area contributed by atoms with Crippen LogP contribution in [0, 0.1) is 11.8 Å². The van der Waals surface area contributed by atoms with Crippen LogP contribution in [0.1, 0.15) is 26.7 Å². The number of amides is 1. The van der Waals surface area contributed by atoms with Gasteiger partial charge in [-0.1, -0.05) is 0 Å². The summed E-state index contributed by atoms with van der Waals surface area (Å²) in [7, 11) is -1.42. The summed E-state index contributed by atoms with van der Waals surface area (Å²) in [5.41, 5.74) is -0.693. The van der Waals surface area contributed by atoms with Gasteiger partial charge in [0.1, 0.15) is 11.4 Å². The molecule has 1 aliphatic carbocycles. The summed E-state index contributed by atoms with van der Waals surface area (Å²) < 4.78 is 25.6. The lowest BCUT2D eigenvalue weighted by Crippen LogP contribution is -2.45. The minimum atomic E-state index is -3.17. The Morgan fingerprint density at radius 3 is 2.65 bits per heavy atom. The molecule has 0 aromatic carbocycles. The molecule has 0 unspecified atom stereocenters. The Balaban J connectivity index is 1.92. The third-order valence-electron chi connectivity index (χ3n) is 5.20. The molecule has 0 aromatic rings. The summed E-state index contributed by atoms with van der Waals surface area (Å²) in [6, 6.07) is 0. The monoisotopic (exact) mass is 299 g/mol. The number of amidine groups is 1. The van der Waals surface area contributed by atoms with E-state index in [1.165, 1.54) is 0 Å². The lowest BCUT2D eigenvalue weighted by molar-refractivity contribution is -0.131. The van der Waals surface area contributed by atoms with Gasteiger partial charge >= 0.3 is 0 Å². The molecule has 0 aromatic heterocycles. The van der Waals surface area contributed by atoms with Crippen LogP contribution >= 0.6 is 0 Å². The molecule has 6 nitrogen and oxygen atoms in total. The van der Waals surface area contributed by atoms with Gasteiger partial charge in [0.2, 0.25) is 10.0 Å². The van der Waals surface area contributed by atoms with E-state index in [4.69, 9.17) is 0 Å². The van der Waals surface area contributed by atoms with Gasteiger partial charge in [-0.3, -0.25) is 9.79 Å². The molecular formula is C13H21N3O3S. The highest BCUT2D eigenvalue weighted by Crippen LogP contribution is 2.50. The van der Waals surface area contributed by atoms with Crippen molar-refractivity contribution in [2.75, 3.05) is 25.9 Å². The molecule has 2 fully saturated rings. The maximum Gasteiger partial charge on any atom is 0.255 e. The zero-order chi connectivity index (χ0) is 14.7. The number of sulfonamides is 1. The zero-order valence-electron chi connectivity index (χ0n) is 12.2. The SMILES string of the molecule is CCS(=O)(=O)N1C[C@@H]2CC[C@]3(N=C(C)N(C)C3=O)[C@@H]2C1. The summed E-state index contributed by atoms with van der Waals surface area (Å²) in [6.45, 7) is 4.50. The largest absolute Gasteiger partial charge is 0.302 e. The molecule has 112 valence electrons. The van der Waals surface area contributed by atoms with Crippen LogP contribution in [0.15, 0.2) is 4.99 Å². The van der Waals surface area contributed by atoms with E-state index in [1.807, 2.05) is 6.92 Å². The van der Waals surface area contributed by atoms with Crippen LogP contribution in [0.5, 0.6) is 0 Å². The third-order valence-corrected chi connectivity index (χ3v) is 7.01. The summed E-state index contributed by atoms with van der Waals surface area (Å²) in [5, 5.41) is 0. The van der Waals surface area contributed by atoms with Crippen molar-refractivity contribution in [2.45, 2.75) is 32.2 Å². The summed E-state index contributed by atoms with van der Waals surface area (Å²) in [4.78, 5) is 18.8.